The summed E-state index contributed by atoms with van der Waals surface area (Å²) >= 11 is 0. The molecule has 2 aromatic carbocycles. The molecular weight excluding hydrogens is 385 g/mol. The topological polar surface area (TPSA) is 59.8 Å². The number of hydrogen-bond donors (Lipinski definition) is 0. The van der Waals surface area contributed by atoms with Crippen molar-refractivity contribution in [1.29, 1.82) is 0 Å². The lowest BCUT2D eigenvalue weighted by Gasteiger charge is -2.25. The highest BCUT2D eigenvalue weighted by molar-refractivity contribution is 5.93. The van der Waals surface area contributed by atoms with Gasteiger partial charge < -0.3 is 14.1 Å². The molecule has 1 aliphatic heterocycles. The second kappa shape index (κ2) is 8.79. The van der Waals surface area contributed by atoms with Crippen LogP contribution in [0.4, 0.5) is 4.39 Å². The van der Waals surface area contributed by atoms with Gasteiger partial charge in [-0.1, -0.05) is 31.2 Å². The Kier molecular flexibility index (Phi) is 5.95. The minimum absolute atomic E-state index is 0.0369. The van der Waals surface area contributed by atoms with Crippen molar-refractivity contribution in [3.05, 3.63) is 81.5 Å². The van der Waals surface area contributed by atoms with E-state index in [-0.39, 0.29) is 28.7 Å². The molecule has 1 aromatic heterocycles. The van der Waals surface area contributed by atoms with Gasteiger partial charge in [-0.05, 0) is 48.6 Å². The van der Waals surface area contributed by atoms with Gasteiger partial charge in [0.15, 0.2) is 11.2 Å². The second-order valence-electron chi connectivity index (χ2n) is 7.61. The fraction of sp³-hybridized carbons (Fsp3) is 0.333. The molecule has 5 nitrogen and oxygen atoms in total. The fourth-order valence-electron chi connectivity index (χ4n) is 3.74. The molecule has 6 heteroatoms. The molecule has 1 atom stereocenters. The first kappa shape index (κ1) is 20.3. The Morgan fingerprint density at radius 3 is 2.60 bits per heavy atom. The lowest BCUT2D eigenvalue weighted by Crippen LogP contribution is -2.37. The Bertz CT molecular complexity index is 1100. The molecule has 1 amide bonds. The highest BCUT2D eigenvalue weighted by atomic mass is 19.1. The maximum Gasteiger partial charge on any atom is 0.290 e. The summed E-state index contributed by atoms with van der Waals surface area (Å²) in [6.07, 6.45) is 2.76. The molecule has 0 radical (unpaired) electrons. The number of hydrogen-bond acceptors (Lipinski definition) is 4. The summed E-state index contributed by atoms with van der Waals surface area (Å²) in [5.74, 6) is -0.958. The molecule has 3 aromatic rings. The third kappa shape index (κ3) is 4.44. The predicted octanol–water partition coefficient (Wildman–Crippen LogP) is 4.32. The van der Waals surface area contributed by atoms with Gasteiger partial charge in [0.05, 0.1) is 11.5 Å². The zero-order chi connectivity index (χ0) is 21.1. The zero-order valence-electron chi connectivity index (χ0n) is 16.9. The van der Waals surface area contributed by atoms with Gasteiger partial charge in [-0.25, -0.2) is 4.39 Å². The summed E-state index contributed by atoms with van der Waals surface area (Å²) in [4.78, 5) is 27.4. The van der Waals surface area contributed by atoms with Gasteiger partial charge in [-0.3, -0.25) is 9.59 Å². The molecule has 1 aliphatic rings. The van der Waals surface area contributed by atoms with Crippen molar-refractivity contribution in [3.63, 3.8) is 0 Å². The van der Waals surface area contributed by atoms with E-state index < -0.39 is 11.2 Å². The molecule has 0 saturated carbocycles. The van der Waals surface area contributed by atoms with Crippen LogP contribution in [0.3, 0.4) is 0 Å². The Balaban J connectivity index is 1.64. The largest absolute Gasteiger partial charge is 0.451 e. The monoisotopic (exact) mass is 409 g/mol. The highest BCUT2D eigenvalue weighted by Crippen LogP contribution is 2.20. The van der Waals surface area contributed by atoms with Crippen molar-refractivity contribution in [3.8, 4) is 0 Å². The Hall–Kier alpha value is -2.99. The number of nitrogens with zero attached hydrogens (tertiary/aromatic N) is 1. The van der Waals surface area contributed by atoms with Crippen LogP contribution in [0, 0.1) is 5.82 Å². The number of halogens is 1. The third-order valence-corrected chi connectivity index (χ3v) is 5.44. The molecule has 1 saturated heterocycles. The van der Waals surface area contributed by atoms with Crippen LogP contribution in [0.5, 0.6) is 0 Å². The number of carbonyl (C=O) groups is 1. The standard InChI is InChI=1S/C24H24FNO4/c1-2-16-5-7-17(8-6-16)14-26(15-19-4-3-11-29-19)24(28)23-13-21(27)20-12-18(25)9-10-22(20)30-23/h5-10,12-13,19H,2-4,11,14-15H2,1H3/t19-/m1/s1. The van der Waals surface area contributed by atoms with Crippen LogP contribution in [0.2, 0.25) is 0 Å². The van der Waals surface area contributed by atoms with Crippen LogP contribution in [-0.4, -0.2) is 30.1 Å². The summed E-state index contributed by atoms with van der Waals surface area (Å²) in [5.41, 5.74) is 1.97. The fourth-order valence-corrected chi connectivity index (χ4v) is 3.74. The summed E-state index contributed by atoms with van der Waals surface area (Å²) in [6.45, 7) is 3.58. The SMILES string of the molecule is CCc1ccc(CN(C[C@H]2CCCO2)C(=O)c2cc(=O)c3cc(F)ccc3o2)cc1. The lowest BCUT2D eigenvalue weighted by molar-refractivity contribution is 0.0484. The van der Waals surface area contributed by atoms with Gasteiger partial charge >= 0.3 is 0 Å². The van der Waals surface area contributed by atoms with E-state index in [1.165, 1.54) is 17.7 Å². The van der Waals surface area contributed by atoms with Crippen LogP contribution in [0.15, 0.2) is 57.7 Å². The molecule has 1 fully saturated rings. The number of fused-ring (bicyclic) bond motifs is 1. The molecule has 0 aliphatic carbocycles. The van der Waals surface area contributed by atoms with Gasteiger partial charge in [0.1, 0.15) is 11.4 Å². The predicted molar refractivity (Wildman–Crippen MR) is 112 cm³/mol. The van der Waals surface area contributed by atoms with E-state index >= 15 is 0 Å². The average molecular weight is 409 g/mol. The highest BCUT2D eigenvalue weighted by Gasteiger charge is 2.25. The van der Waals surface area contributed by atoms with Crippen LogP contribution in [0.25, 0.3) is 11.0 Å². The number of amides is 1. The number of carbonyl (C=O) groups excluding carboxylic acids is 1. The van der Waals surface area contributed by atoms with E-state index in [4.69, 9.17) is 9.15 Å². The van der Waals surface area contributed by atoms with Crippen molar-refractivity contribution in [1.82, 2.24) is 4.90 Å². The van der Waals surface area contributed by atoms with Crippen LogP contribution >= 0.6 is 0 Å². The van der Waals surface area contributed by atoms with Crippen molar-refractivity contribution < 1.29 is 18.3 Å². The van der Waals surface area contributed by atoms with E-state index in [2.05, 4.69) is 19.1 Å². The molecule has 30 heavy (non-hydrogen) atoms. The van der Waals surface area contributed by atoms with E-state index in [9.17, 15) is 14.0 Å². The van der Waals surface area contributed by atoms with E-state index in [1.54, 1.807) is 4.90 Å². The first-order valence-electron chi connectivity index (χ1n) is 10.3. The molecule has 0 bridgehead atoms. The van der Waals surface area contributed by atoms with Gasteiger partial charge in [0, 0.05) is 25.8 Å². The van der Waals surface area contributed by atoms with Crippen molar-refractivity contribution in [2.24, 2.45) is 0 Å². The summed E-state index contributed by atoms with van der Waals surface area (Å²) < 4.78 is 24.9. The zero-order valence-corrected chi connectivity index (χ0v) is 16.9. The van der Waals surface area contributed by atoms with Crippen molar-refractivity contribution >= 4 is 16.9 Å². The van der Waals surface area contributed by atoms with Gasteiger partial charge in [-0.15, -0.1) is 0 Å². The minimum Gasteiger partial charge on any atom is -0.451 e. The Labute approximate surface area is 174 Å². The smallest absolute Gasteiger partial charge is 0.290 e. The summed E-state index contributed by atoms with van der Waals surface area (Å²) in [5, 5.41) is 0.118. The molecule has 2 heterocycles. The molecule has 0 unspecified atom stereocenters. The molecule has 0 N–H and O–H groups in total. The van der Waals surface area contributed by atoms with Crippen LogP contribution in [0.1, 0.15) is 41.4 Å². The van der Waals surface area contributed by atoms with E-state index in [0.29, 0.717) is 19.7 Å². The van der Waals surface area contributed by atoms with E-state index in [0.717, 1.165) is 37.0 Å². The van der Waals surface area contributed by atoms with Crippen molar-refractivity contribution in [2.45, 2.75) is 38.8 Å². The molecule has 0 spiro atoms. The summed E-state index contributed by atoms with van der Waals surface area (Å²) in [7, 11) is 0. The maximum absolute atomic E-state index is 13.5. The average Bonchev–Trinajstić information content (AvgIpc) is 3.27. The molecule has 156 valence electrons. The van der Waals surface area contributed by atoms with Crippen LogP contribution < -0.4 is 5.43 Å². The quantitative estimate of drug-likeness (QED) is 0.609. The third-order valence-electron chi connectivity index (χ3n) is 5.44. The molecule has 4 rings (SSSR count). The number of rotatable bonds is 6. The van der Waals surface area contributed by atoms with Crippen LogP contribution in [-0.2, 0) is 17.7 Å². The van der Waals surface area contributed by atoms with Gasteiger partial charge in [-0.2, -0.15) is 0 Å². The normalized spacial score (nSPS) is 16.1. The summed E-state index contributed by atoms with van der Waals surface area (Å²) in [6, 6.07) is 13.0. The van der Waals surface area contributed by atoms with Gasteiger partial charge in [0.25, 0.3) is 5.91 Å². The number of benzene rings is 2. The minimum atomic E-state index is -0.524. The maximum atomic E-state index is 13.5. The second-order valence-corrected chi connectivity index (χ2v) is 7.61. The van der Waals surface area contributed by atoms with Crippen molar-refractivity contribution in [2.75, 3.05) is 13.2 Å². The van der Waals surface area contributed by atoms with Gasteiger partial charge in [0.2, 0.25) is 0 Å². The first-order valence-corrected chi connectivity index (χ1v) is 10.3. The Morgan fingerprint density at radius 1 is 1.13 bits per heavy atom. The first-order chi connectivity index (χ1) is 14.5. The number of aryl methyl sites for hydroxylation is 1. The molecular formula is C24H24FNO4. The van der Waals surface area contributed by atoms with E-state index in [1.807, 2.05) is 12.1 Å². The lowest BCUT2D eigenvalue weighted by atomic mass is 10.1. The Morgan fingerprint density at radius 2 is 1.90 bits per heavy atom. The number of ether oxygens (including phenoxy) is 1.